The van der Waals surface area contributed by atoms with E-state index < -0.39 is 0 Å². The lowest BCUT2D eigenvalue weighted by Crippen LogP contribution is -2.03. The van der Waals surface area contributed by atoms with E-state index in [-0.39, 0.29) is 12.4 Å². The molecule has 2 aromatic carbocycles. The molecule has 102 valence electrons. The van der Waals surface area contributed by atoms with Crippen LogP contribution in [0.1, 0.15) is 5.56 Å². The zero-order chi connectivity index (χ0) is 14.1. The number of aromatic nitrogens is 1. The first-order valence-electron chi connectivity index (χ1n) is 5.85. The molecule has 0 saturated heterocycles. The van der Waals surface area contributed by atoms with E-state index in [0.717, 1.165) is 10.2 Å². The summed E-state index contributed by atoms with van der Waals surface area (Å²) >= 11 is 13.7. The number of nitrogens with zero attached hydrogens (tertiary/aromatic N) is 1. The van der Waals surface area contributed by atoms with E-state index in [4.69, 9.17) is 23.2 Å². The van der Waals surface area contributed by atoms with Crippen molar-refractivity contribution in [1.29, 1.82) is 0 Å². The van der Waals surface area contributed by atoms with Gasteiger partial charge in [-0.15, -0.1) is 11.3 Å². The van der Waals surface area contributed by atoms with Crippen molar-refractivity contribution in [2.75, 3.05) is 5.32 Å². The van der Waals surface area contributed by atoms with Gasteiger partial charge in [0.2, 0.25) is 0 Å². The van der Waals surface area contributed by atoms with Crippen molar-refractivity contribution in [3.63, 3.8) is 0 Å². The smallest absolute Gasteiger partial charge is 0.129 e. The van der Waals surface area contributed by atoms with Crippen LogP contribution in [0.5, 0.6) is 0 Å². The van der Waals surface area contributed by atoms with Gasteiger partial charge in [0, 0.05) is 17.1 Å². The van der Waals surface area contributed by atoms with Crippen molar-refractivity contribution >= 4 is 50.4 Å². The summed E-state index contributed by atoms with van der Waals surface area (Å²) in [5.41, 5.74) is 3.65. The summed E-state index contributed by atoms with van der Waals surface area (Å²) in [5.74, 6) is -0.341. The van der Waals surface area contributed by atoms with Crippen LogP contribution < -0.4 is 5.32 Å². The molecule has 0 aliphatic carbocycles. The molecule has 0 bridgehead atoms. The third kappa shape index (κ3) is 2.46. The van der Waals surface area contributed by atoms with E-state index in [1.54, 1.807) is 23.7 Å². The lowest BCUT2D eigenvalue weighted by Gasteiger charge is -2.11. The van der Waals surface area contributed by atoms with Crippen LogP contribution in [-0.2, 0) is 6.54 Å². The van der Waals surface area contributed by atoms with Crippen molar-refractivity contribution in [2.24, 2.45) is 0 Å². The van der Waals surface area contributed by atoms with Gasteiger partial charge in [-0.05, 0) is 24.3 Å². The highest BCUT2D eigenvalue weighted by Gasteiger charge is 2.11. The lowest BCUT2D eigenvalue weighted by atomic mass is 10.2. The summed E-state index contributed by atoms with van der Waals surface area (Å²) < 4.78 is 14.8. The Morgan fingerprint density at radius 2 is 2.00 bits per heavy atom. The largest absolute Gasteiger partial charge is 0.378 e. The standard InChI is InChI=1S/C14H9Cl2FN2S/c15-9-2-1-3-11(17)8(9)6-18-13-10(16)4-5-12-14(13)19-7-20-12/h1-5,7,18H,6H2. The molecule has 0 atom stereocenters. The minimum Gasteiger partial charge on any atom is -0.378 e. The molecule has 3 rings (SSSR count). The van der Waals surface area contributed by atoms with Crippen LogP contribution in [0.2, 0.25) is 10.0 Å². The number of nitrogens with one attached hydrogen (secondary N) is 1. The summed E-state index contributed by atoms with van der Waals surface area (Å²) in [6.45, 7) is 0.252. The minimum atomic E-state index is -0.341. The first-order chi connectivity index (χ1) is 9.66. The SMILES string of the molecule is Fc1cccc(Cl)c1CNc1c(Cl)ccc2scnc12. The van der Waals surface area contributed by atoms with Gasteiger partial charge in [-0.2, -0.15) is 0 Å². The Kier molecular flexibility index (Phi) is 3.78. The summed E-state index contributed by atoms with van der Waals surface area (Å²) in [7, 11) is 0. The highest BCUT2D eigenvalue weighted by Crippen LogP contribution is 2.33. The summed E-state index contributed by atoms with van der Waals surface area (Å²) in [6.07, 6.45) is 0. The molecule has 0 radical (unpaired) electrons. The molecular formula is C14H9Cl2FN2S. The Bertz CT molecular complexity index is 753. The Morgan fingerprint density at radius 1 is 1.15 bits per heavy atom. The normalized spacial score (nSPS) is 10.9. The number of fused-ring (bicyclic) bond motifs is 1. The van der Waals surface area contributed by atoms with Gasteiger partial charge in [-0.1, -0.05) is 29.3 Å². The average Bonchev–Trinajstić information content (AvgIpc) is 2.88. The first-order valence-corrected chi connectivity index (χ1v) is 7.49. The molecule has 0 spiro atoms. The van der Waals surface area contributed by atoms with Crippen molar-refractivity contribution < 1.29 is 4.39 Å². The molecule has 1 aromatic heterocycles. The van der Waals surface area contributed by atoms with Gasteiger partial charge >= 0.3 is 0 Å². The molecular weight excluding hydrogens is 318 g/mol. The average molecular weight is 327 g/mol. The van der Waals surface area contributed by atoms with Gasteiger partial charge in [0.05, 0.1) is 20.9 Å². The van der Waals surface area contributed by atoms with Gasteiger partial charge in [0.25, 0.3) is 0 Å². The van der Waals surface area contributed by atoms with E-state index in [1.165, 1.54) is 17.4 Å². The number of hydrogen-bond acceptors (Lipinski definition) is 3. The fraction of sp³-hybridized carbons (Fsp3) is 0.0714. The molecule has 6 heteroatoms. The molecule has 3 aromatic rings. The van der Waals surface area contributed by atoms with E-state index in [9.17, 15) is 4.39 Å². The molecule has 0 fully saturated rings. The summed E-state index contributed by atoms with van der Waals surface area (Å²) in [4.78, 5) is 4.28. The number of anilines is 1. The fourth-order valence-electron chi connectivity index (χ4n) is 1.95. The van der Waals surface area contributed by atoms with Crippen molar-refractivity contribution in [1.82, 2.24) is 4.98 Å². The highest BCUT2D eigenvalue weighted by atomic mass is 35.5. The van der Waals surface area contributed by atoms with Crippen molar-refractivity contribution in [3.8, 4) is 0 Å². The van der Waals surface area contributed by atoms with E-state index in [0.29, 0.717) is 21.3 Å². The zero-order valence-corrected chi connectivity index (χ0v) is 12.5. The van der Waals surface area contributed by atoms with Crippen LogP contribution in [0.25, 0.3) is 10.2 Å². The Morgan fingerprint density at radius 3 is 2.80 bits per heavy atom. The van der Waals surface area contributed by atoms with Crippen LogP contribution in [0.15, 0.2) is 35.8 Å². The van der Waals surface area contributed by atoms with Crippen LogP contribution in [-0.4, -0.2) is 4.98 Å². The topological polar surface area (TPSA) is 24.9 Å². The van der Waals surface area contributed by atoms with Gasteiger partial charge in [0.1, 0.15) is 11.3 Å². The molecule has 1 N–H and O–H groups in total. The van der Waals surface area contributed by atoms with Crippen molar-refractivity contribution in [3.05, 3.63) is 57.3 Å². The maximum absolute atomic E-state index is 13.7. The molecule has 2 nitrogen and oxygen atoms in total. The Labute approximate surface area is 129 Å². The maximum Gasteiger partial charge on any atom is 0.129 e. The highest BCUT2D eigenvalue weighted by molar-refractivity contribution is 7.16. The molecule has 0 aliphatic rings. The predicted molar refractivity (Wildman–Crippen MR) is 83.4 cm³/mol. The molecule has 20 heavy (non-hydrogen) atoms. The van der Waals surface area contributed by atoms with Crippen LogP contribution in [0, 0.1) is 5.82 Å². The predicted octanol–water partition coefficient (Wildman–Crippen LogP) is 5.35. The monoisotopic (exact) mass is 326 g/mol. The van der Waals surface area contributed by atoms with E-state index >= 15 is 0 Å². The summed E-state index contributed by atoms with van der Waals surface area (Å²) in [6, 6.07) is 8.33. The number of halogens is 3. The third-order valence-corrected chi connectivity index (χ3v) is 4.42. The number of thiazole rings is 1. The second-order valence-electron chi connectivity index (χ2n) is 4.18. The number of rotatable bonds is 3. The Balaban J connectivity index is 1.94. The van der Waals surface area contributed by atoms with Crippen LogP contribution >= 0.6 is 34.5 Å². The van der Waals surface area contributed by atoms with Gasteiger partial charge < -0.3 is 5.32 Å². The van der Waals surface area contributed by atoms with Gasteiger partial charge in [-0.3, -0.25) is 0 Å². The van der Waals surface area contributed by atoms with E-state index in [1.807, 2.05) is 6.07 Å². The third-order valence-electron chi connectivity index (χ3n) is 2.96. The number of benzene rings is 2. The molecule has 0 saturated carbocycles. The quantitative estimate of drug-likeness (QED) is 0.701. The fourth-order valence-corrected chi connectivity index (χ4v) is 3.09. The Hall–Kier alpha value is -1.36. The van der Waals surface area contributed by atoms with Gasteiger partial charge in [-0.25, -0.2) is 9.37 Å². The maximum atomic E-state index is 13.7. The minimum absolute atomic E-state index is 0.252. The molecule has 0 aliphatic heterocycles. The molecule has 0 unspecified atom stereocenters. The lowest BCUT2D eigenvalue weighted by molar-refractivity contribution is 0.613. The molecule has 0 amide bonds. The second-order valence-corrected chi connectivity index (χ2v) is 5.88. The number of hydrogen-bond donors (Lipinski definition) is 1. The van der Waals surface area contributed by atoms with E-state index in [2.05, 4.69) is 10.3 Å². The van der Waals surface area contributed by atoms with Crippen LogP contribution in [0.3, 0.4) is 0 Å². The molecule has 1 heterocycles. The summed E-state index contributed by atoms with van der Waals surface area (Å²) in [5, 5.41) is 4.07. The van der Waals surface area contributed by atoms with Crippen molar-refractivity contribution in [2.45, 2.75) is 6.54 Å². The second kappa shape index (κ2) is 5.56. The first kappa shape index (κ1) is 13.6. The van der Waals surface area contributed by atoms with Gasteiger partial charge in [0.15, 0.2) is 0 Å². The zero-order valence-electron chi connectivity index (χ0n) is 10.2. The van der Waals surface area contributed by atoms with Crippen LogP contribution in [0.4, 0.5) is 10.1 Å².